The number of nitrogens with one attached hydrogen (secondary N) is 1. The Hall–Kier alpha value is -2.85. The summed E-state index contributed by atoms with van der Waals surface area (Å²) in [5.41, 5.74) is 6.27. The standard InChI is InChI=1S/C18H22N5O6P/c1-2-14(24)11-29-30(26,28-10-13-6-4-3-5-7-13)27-9-8-23-12-20-15-16(23)21-18(19)22-17(15)25/h3-7,12H,2,8-11H2,1H3,(H3,19,21,22,25). The predicted octanol–water partition coefficient (Wildman–Crippen LogP) is 2.04. The summed E-state index contributed by atoms with van der Waals surface area (Å²) in [5, 5.41) is 0. The number of carbonyl (C=O) groups excluding carboxylic acids is 1. The van der Waals surface area contributed by atoms with E-state index in [1.165, 1.54) is 10.9 Å². The number of aromatic amines is 1. The van der Waals surface area contributed by atoms with Gasteiger partial charge in [-0.3, -0.25) is 28.1 Å². The van der Waals surface area contributed by atoms with E-state index in [0.717, 1.165) is 5.56 Å². The Balaban J connectivity index is 1.67. The molecule has 12 heteroatoms. The van der Waals surface area contributed by atoms with Gasteiger partial charge in [0.1, 0.15) is 6.61 Å². The van der Waals surface area contributed by atoms with Crippen LogP contribution in [-0.2, 0) is 36.1 Å². The second kappa shape index (κ2) is 9.77. The van der Waals surface area contributed by atoms with Gasteiger partial charge in [0.05, 0.1) is 19.5 Å². The van der Waals surface area contributed by atoms with Crippen molar-refractivity contribution in [3.8, 4) is 0 Å². The van der Waals surface area contributed by atoms with Gasteiger partial charge in [-0.05, 0) is 5.56 Å². The van der Waals surface area contributed by atoms with E-state index >= 15 is 0 Å². The van der Waals surface area contributed by atoms with Gasteiger partial charge in [0.25, 0.3) is 5.56 Å². The van der Waals surface area contributed by atoms with E-state index in [4.69, 9.17) is 19.3 Å². The number of benzene rings is 1. The molecule has 0 bridgehead atoms. The molecule has 2 aromatic heterocycles. The molecule has 0 saturated carbocycles. The van der Waals surface area contributed by atoms with Crippen molar-refractivity contribution >= 4 is 30.7 Å². The molecule has 0 aliphatic carbocycles. The second-order valence-corrected chi connectivity index (χ2v) is 7.94. The van der Waals surface area contributed by atoms with E-state index in [1.807, 2.05) is 18.2 Å². The van der Waals surface area contributed by atoms with Gasteiger partial charge in [-0.15, -0.1) is 0 Å². The van der Waals surface area contributed by atoms with Gasteiger partial charge in [0.15, 0.2) is 16.9 Å². The molecular weight excluding hydrogens is 413 g/mol. The first-order chi connectivity index (χ1) is 14.4. The van der Waals surface area contributed by atoms with Crippen molar-refractivity contribution in [2.24, 2.45) is 0 Å². The molecule has 0 amide bonds. The summed E-state index contributed by atoms with van der Waals surface area (Å²) in [6.07, 6.45) is 1.63. The largest absolute Gasteiger partial charge is 0.475 e. The number of H-pyrrole nitrogens is 1. The van der Waals surface area contributed by atoms with Crippen LogP contribution in [0.25, 0.3) is 11.2 Å². The van der Waals surface area contributed by atoms with Gasteiger partial charge in [0, 0.05) is 13.0 Å². The maximum atomic E-state index is 13.0. The highest BCUT2D eigenvalue weighted by Crippen LogP contribution is 2.50. The van der Waals surface area contributed by atoms with E-state index in [9.17, 15) is 14.2 Å². The van der Waals surface area contributed by atoms with E-state index < -0.39 is 13.4 Å². The molecule has 160 valence electrons. The summed E-state index contributed by atoms with van der Waals surface area (Å²) in [4.78, 5) is 33.8. The summed E-state index contributed by atoms with van der Waals surface area (Å²) in [6, 6.07) is 9.07. The van der Waals surface area contributed by atoms with Crippen molar-refractivity contribution < 1.29 is 22.9 Å². The van der Waals surface area contributed by atoms with Gasteiger partial charge >= 0.3 is 7.82 Å². The van der Waals surface area contributed by atoms with Gasteiger partial charge in [0.2, 0.25) is 5.95 Å². The molecule has 3 rings (SSSR count). The molecule has 0 aliphatic heterocycles. The van der Waals surface area contributed by atoms with Crippen LogP contribution in [0.3, 0.4) is 0 Å². The normalized spacial score (nSPS) is 13.4. The van der Waals surface area contributed by atoms with Crippen LogP contribution in [-0.4, -0.2) is 38.5 Å². The highest BCUT2D eigenvalue weighted by molar-refractivity contribution is 7.48. The number of carbonyl (C=O) groups is 1. The van der Waals surface area contributed by atoms with Crippen molar-refractivity contribution in [3.05, 3.63) is 52.6 Å². The van der Waals surface area contributed by atoms with Crippen molar-refractivity contribution in [1.82, 2.24) is 19.5 Å². The zero-order valence-corrected chi connectivity index (χ0v) is 17.2. The first-order valence-electron chi connectivity index (χ1n) is 9.20. The zero-order chi connectivity index (χ0) is 21.6. The number of ketones is 1. The molecule has 0 fully saturated rings. The number of phosphoric acid groups is 1. The molecule has 0 saturated heterocycles. The van der Waals surface area contributed by atoms with Gasteiger partial charge in [-0.2, -0.15) is 4.98 Å². The molecule has 0 aliphatic rings. The fourth-order valence-electron chi connectivity index (χ4n) is 2.48. The Morgan fingerprint density at radius 1 is 1.23 bits per heavy atom. The number of nitrogens with two attached hydrogens (primary N) is 1. The number of aromatic nitrogens is 4. The average molecular weight is 435 g/mol. The van der Waals surface area contributed by atoms with Crippen molar-refractivity contribution in [1.29, 1.82) is 0 Å². The number of anilines is 1. The van der Waals surface area contributed by atoms with E-state index in [1.54, 1.807) is 19.1 Å². The SMILES string of the molecule is CCC(=O)COP(=O)(OCCn1cnc2c(=O)[nH]c(N)nc21)OCc1ccccc1. The Kier molecular flexibility index (Phi) is 7.11. The van der Waals surface area contributed by atoms with Crippen molar-refractivity contribution in [3.63, 3.8) is 0 Å². The van der Waals surface area contributed by atoms with Crippen molar-refractivity contribution in [2.45, 2.75) is 26.5 Å². The Bertz CT molecular complexity index is 1110. The topological polar surface area (TPSA) is 151 Å². The number of rotatable bonds is 11. The molecule has 1 unspecified atom stereocenters. The van der Waals surface area contributed by atoms with Crippen LogP contribution < -0.4 is 11.3 Å². The molecule has 2 heterocycles. The minimum atomic E-state index is -4.02. The number of hydrogen-bond acceptors (Lipinski definition) is 9. The lowest BCUT2D eigenvalue weighted by Crippen LogP contribution is -2.14. The third-order valence-corrected chi connectivity index (χ3v) is 5.47. The number of imidazole rings is 1. The highest BCUT2D eigenvalue weighted by Gasteiger charge is 2.28. The van der Waals surface area contributed by atoms with Gasteiger partial charge in [-0.1, -0.05) is 37.3 Å². The molecule has 1 atom stereocenters. The van der Waals surface area contributed by atoms with Crippen LogP contribution in [0.4, 0.5) is 5.95 Å². The van der Waals surface area contributed by atoms with Crippen LogP contribution in [0.15, 0.2) is 41.5 Å². The van der Waals surface area contributed by atoms with Gasteiger partial charge in [-0.25, -0.2) is 9.55 Å². The van der Waals surface area contributed by atoms with E-state index in [0.29, 0.717) is 0 Å². The summed E-state index contributed by atoms with van der Waals surface area (Å²) in [5.74, 6) is -0.282. The quantitative estimate of drug-likeness (QED) is 0.431. The maximum Gasteiger partial charge on any atom is 0.475 e. The molecule has 0 radical (unpaired) electrons. The lowest BCUT2D eigenvalue weighted by atomic mass is 10.2. The van der Waals surface area contributed by atoms with Crippen LogP contribution in [0.5, 0.6) is 0 Å². The number of Topliss-reactive ketones (excluding diaryl/α,β-unsaturated/α-hetero) is 1. The molecule has 30 heavy (non-hydrogen) atoms. The average Bonchev–Trinajstić information content (AvgIpc) is 3.14. The third-order valence-electron chi connectivity index (χ3n) is 4.08. The predicted molar refractivity (Wildman–Crippen MR) is 109 cm³/mol. The van der Waals surface area contributed by atoms with Crippen LogP contribution in [0, 0.1) is 0 Å². The van der Waals surface area contributed by atoms with Crippen molar-refractivity contribution in [2.75, 3.05) is 18.9 Å². The number of phosphoric ester groups is 1. The smallest absolute Gasteiger partial charge is 0.369 e. The monoisotopic (exact) mass is 435 g/mol. The third kappa shape index (κ3) is 5.61. The molecule has 1 aromatic carbocycles. The fourth-order valence-corrected chi connectivity index (χ4v) is 3.62. The first kappa shape index (κ1) is 21.8. The van der Waals surface area contributed by atoms with E-state index in [2.05, 4.69) is 15.0 Å². The van der Waals surface area contributed by atoms with Crippen LogP contribution in [0.1, 0.15) is 18.9 Å². The molecule has 3 aromatic rings. The first-order valence-corrected chi connectivity index (χ1v) is 10.7. The summed E-state index contributed by atoms with van der Waals surface area (Å²) in [6.45, 7) is 1.32. The number of nitrogen functional groups attached to an aromatic ring is 1. The van der Waals surface area contributed by atoms with E-state index in [-0.39, 0.29) is 55.7 Å². The molecule has 3 N–H and O–H groups in total. The minimum absolute atomic E-state index is 0.0140. The number of hydrogen-bond donors (Lipinski definition) is 2. The maximum absolute atomic E-state index is 13.0. The zero-order valence-electron chi connectivity index (χ0n) is 16.3. The lowest BCUT2D eigenvalue weighted by Gasteiger charge is -2.18. The Morgan fingerprint density at radius 3 is 2.73 bits per heavy atom. The van der Waals surface area contributed by atoms with Crippen LogP contribution in [0.2, 0.25) is 0 Å². The lowest BCUT2D eigenvalue weighted by molar-refractivity contribution is -0.121. The Labute approximate surface area is 171 Å². The molecular formula is C18H22N5O6P. The number of fused-ring (bicyclic) bond motifs is 1. The fraction of sp³-hybridized carbons (Fsp3) is 0.333. The molecule has 11 nitrogen and oxygen atoms in total. The second-order valence-electron chi connectivity index (χ2n) is 6.27. The summed E-state index contributed by atoms with van der Waals surface area (Å²) in [7, 11) is -4.02. The molecule has 0 spiro atoms. The van der Waals surface area contributed by atoms with Crippen LogP contribution >= 0.6 is 7.82 Å². The number of nitrogens with zero attached hydrogens (tertiary/aromatic N) is 3. The van der Waals surface area contributed by atoms with Gasteiger partial charge < -0.3 is 10.3 Å². The summed E-state index contributed by atoms with van der Waals surface area (Å²) < 4.78 is 30.5. The minimum Gasteiger partial charge on any atom is -0.369 e. The highest BCUT2D eigenvalue weighted by atomic mass is 31.2. The Morgan fingerprint density at radius 2 is 2.00 bits per heavy atom. The summed E-state index contributed by atoms with van der Waals surface area (Å²) >= 11 is 0.